The van der Waals surface area contributed by atoms with E-state index >= 15 is 0 Å². The Morgan fingerprint density at radius 2 is 2.09 bits per heavy atom. The van der Waals surface area contributed by atoms with Crippen molar-refractivity contribution in [3.05, 3.63) is 23.0 Å². The normalized spacial score (nSPS) is 18.5. The van der Waals surface area contributed by atoms with Gasteiger partial charge in [-0.15, -0.1) is 0 Å². The number of fused-ring (bicyclic) bond motifs is 1. The summed E-state index contributed by atoms with van der Waals surface area (Å²) in [5.41, 5.74) is -0.353. The summed E-state index contributed by atoms with van der Waals surface area (Å²) in [6, 6.07) is 2.10. The fraction of sp³-hybridized carbons (Fsp3) is 0.462. The van der Waals surface area contributed by atoms with Crippen LogP contribution in [0.25, 0.3) is 0 Å². The van der Waals surface area contributed by atoms with E-state index in [2.05, 4.69) is 15.0 Å². The second-order valence-corrected chi connectivity index (χ2v) is 7.57. The molecule has 1 aromatic carbocycles. The molecule has 0 saturated carbocycles. The molecule has 0 spiro atoms. The van der Waals surface area contributed by atoms with Gasteiger partial charge in [-0.2, -0.15) is 0 Å². The van der Waals surface area contributed by atoms with Gasteiger partial charge in [-0.25, -0.2) is 22.5 Å². The predicted octanol–water partition coefficient (Wildman–Crippen LogP) is 2.35. The number of nitrogens with zero attached hydrogens (tertiary/aromatic N) is 1. The number of hydrogen-bond acceptors (Lipinski definition) is 4. The lowest BCUT2D eigenvalue weighted by atomic mass is 10.0. The molecule has 0 atom stereocenters. The van der Waals surface area contributed by atoms with Crippen LogP contribution in [0.15, 0.2) is 22.0 Å². The standard InChI is InChI=1S/C13H17ClFN3O3S/c1-13(2,4-5-21-3)17-12-16-10-6-8(14)9(15)7-11(10)22(19,20)18-12/h6-7H,4-5H2,1-3H3,(H2,16,17,18). The monoisotopic (exact) mass is 349 g/mol. The van der Waals surface area contributed by atoms with Gasteiger partial charge >= 0.3 is 0 Å². The molecule has 0 saturated heterocycles. The number of aliphatic imine (C=N–C) groups is 1. The quantitative estimate of drug-likeness (QED) is 0.874. The lowest BCUT2D eigenvalue weighted by Crippen LogP contribution is -2.42. The Labute approximate surface area is 133 Å². The smallest absolute Gasteiger partial charge is 0.266 e. The first-order valence-electron chi connectivity index (χ1n) is 6.52. The van der Waals surface area contributed by atoms with Gasteiger partial charge in [-0.1, -0.05) is 11.6 Å². The molecule has 1 aliphatic heterocycles. The van der Waals surface area contributed by atoms with Crippen molar-refractivity contribution in [2.45, 2.75) is 30.7 Å². The fourth-order valence-corrected chi connectivity index (χ4v) is 3.23. The van der Waals surface area contributed by atoms with E-state index in [1.807, 2.05) is 13.8 Å². The highest BCUT2D eigenvalue weighted by Gasteiger charge is 2.29. The van der Waals surface area contributed by atoms with Gasteiger partial charge in [0.25, 0.3) is 10.0 Å². The second-order valence-electron chi connectivity index (χ2n) is 5.51. The predicted molar refractivity (Wildman–Crippen MR) is 83.4 cm³/mol. The topological polar surface area (TPSA) is 79.8 Å². The Hall–Kier alpha value is -1.38. The Morgan fingerprint density at radius 3 is 2.73 bits per heavy atom. The van der Waals surface area contributed by atoms with Gasteiger partial charge in [-0.3, -0.25) is 0 Å². The van der Waals surface area contributed by atoms with Gasteiger partial charge in [0.2, 0.25) is 5.96 Å². The Kier molecular flexibility index (Phi) is 4.65. The third kappa shape index (κ3) is 3.68. The van der Waals surface area contributed by atoms with E-state index < -0.39 is 21.4 Å². The molecule has 2 rings (SSSR count). The van der Waals surface area contributed by atoms with Crippen LogP contribution in [0.1, 0.15) is 20.3 Å². The summed E-state index contributed by atoms with van der Waals surface area (Å²) >= 11 is 5.70. The Balaban J connectivity index is 2.39. The summed E-state index contributed by atoms with van der Waals surface area (Å²) < 4.78 is 45.1. The van der Waals surface area contributed by atoms with E-state index in [9.17, 15) is 12.8 Å². The van der Waals surface area contributed by atoms with Crippen LogP contribution >= 0.6 is 11.6 Å². The van der Waals surface area contributed by atoms with Crippen LogP contribution in [0.2, 0.25) is 5.02 Å². The van der Waals surface area contributed by atoms with Gasteiger partial charge in [0, 0.05) is 13.7 Å². The van der Waals surface area contributed by atoms with Crippen molar-refractivity contribution in [1.82, 2.24) is 4.72 Å². The molecular weight excluding hydrogens is 333 g/mol. The third-order valence-corrected chi connectivity index (χ3v) is 4.80. The van der Waals surface area contributed by atoms with Crippen LogP contribution in [0.4, 0.5) is 10.1 Å². The first-order valence-corrected chi connectivity index (χ1v) is 8.38. The molecule has 1 aromatic rings. The van der Waals surface area contributed by atoms with Gasteiger partial charge in [0.15, 0.2) is 0 Å². The number of methoxy groups -OCH3 is 1. The van der Waals surface area contributed by atoms with Crippen molar-refractivity contribution in [2.24, 2.45) is 4.99 Å². The fourth-order valence-electron chi connectivity index (χ4n) is 1.95. The number of halogens is 2. The SMILES string of the molecule is COCCC(C)(C)N=C1Nc2cc(Cl)c(F)cc2S(=O)(=O)N1. The minimum absolute atomic E-state index is 0.0660. The van der Waals surface area contributed by atoms with Gasteiger partial charge in [0.05, 0.1) is 16.2 Å². The molecular formula is C13H17ClFN3O3S. The summed E-state index contributed by atoms with van der Waals surface area (Å²) in [5, 5.41) is 2.66. The Morgan fingerprint density at radius 1 is 1.41 bits per heavy atom. The maximum atomic E-state index is 13.5. The van der Waals surface area contributed by atoms with Crippen LogP contribution in [0, 0.1) is 5.82 Å². The van der Waals surface area contributed by atoms with Crippen LogP contribution in [-0.2, 0) is 14.8 Å². The number of anilines is 1. The van der Waals surface area contributed by atoms with Crippen LogP contribution in [-0.4, -0.2) is 33.6 Å². The third-order valence-electron chi connectivity index (χ3n) is 3.13. The molecule has 1 aliphatic rings. The average Bonchev–Trinajstić information content (AvgIpc) is 2.38. The molecule has 0 amide bonds. The van der Waals surface area contributed by atoms with Crippen LogP contribution < -0.4 is 10.0 Å². The highest BCUT2D eigenvalue weighted by atomic mass is 35.5. The molecule has 22 heavy (non-hydrogen) atoms. The number of guanidine groups is 1. The largest absolute Gasteiger partial charge is 0.385 e. The van der Waals surface area contributed by atoms with E-state index in [0.29, 0.717) is 13.0 Å². The highest BCUT2D eigenvalue weighted by molar-refractivity contribution is 7.90. The molecule has 6 nitrogen and oxygen atoms in total. The van der Waals surface area contributed by atoms with E-state index in [1.54, 1.807) is 7.11 Å². The maximum absolute atomic E-state index is 13.5. The molecule has 0 aromatic heterocycles. The molecule has 1 heterocycles. The van der Waals surface area contributed by atoms with Gasteiger partial charge in [0.1, 0.15) is 10.7 Å². The van der Waals surface area contributed by atoms with Crippen molar-refractivity contribution >= 4 is 33.3 Å². The van der Waals surface area contributed by atoms with E-state index in [-0.39, 0.29) is 21.6 Å². The van der Waals surface area contributed by atoms with E-state index in [0.717, 1.165) is 6.07 Å². The summed E-state index contributed by atoms with van der Waals surface area (Å²) in [7, 11) is -2.32. The second kappa shape index (κ2) is 6.02. The zero-order valence-electron chi connectivity index (χ0n) is 12.4. The summed E-state index contributed by atoms with van der Waals surface area (Å²) in [4.78, 5) is 4.14. The molecule has 0 radical (unpaired) electrons. The van der Waals surface area contributed by atoms with E-state index in [4.69, 9.17) is 16.3 Å². The summed E-state index contributed by atoms with van der Waals surface area (Å²) in [6.07, 6.45) is 0.605. The average molecular weight is 350 g/mol. The molecule has 0 fully saturated rings. The summed E-state index contributed by atoms with van der Waals surface area (Å²) in [5.74, 6) is -0.732. The Bertz CT molecular complexity index is 719. The molecule has 0 aliphatic carbocycles. The molecule has 122 valence electrons. The minimum Gasteiger partial charge on any atom is -0.385 e. The lowest BCUT2D eigenvalue weighted by molar-refractivity contribution is 0.176. The van der Waals surface area contributed by atoms with Gasteiger partial charge in [-0.05, 0) is 32.4 Å². The minimum atomic E-state index is -3.90. The zero-order valence-corrected chi connectivity index (χ0v) is 14.0. The molecule has 0 bridgehead atoms. The van der Waals surface area contributed by atoms with E-state index in [1.165, 1.54) is 6.07 Å². The number of ether oxygens (including phenoxy) is 1. The first kappa shape index (κ1) is 17.0. The summed E-state index contributed by atoms with van der Waals surface area (Å²) in [6.45, 7) is 4.19. The zero-order chi connectivity index (χ0) is 16.5. The number of sulfonamides is 1. The number of benzene rings is 1. The van der Waals surface area contributed by atoms with Crippen molar-refractivity contribution in [1.29, 1.82) is 0 Å². The highest BCUT2D eigenvalue weighted by Crippen LogP contribution is 2.30. The first-order chi connectivity index (χ1) is 10.1. The van der Waals surface area contributed by atoms with Gasteiger partial charge < -0.3 is 10.1 Å². The van der Waals surface area contributed by atoms with Crippen LogP contribution in [0.5, 0.6) is 0 Å². The number of hydrogen-bond donors (Lipinski definition) is 2. The molecule has 2 N–H and O–H groups in total. The number of nitrogens with one attached hydrogen (secondary N) is 2. The maximum Gasteiger partial charge on any atom is 0.266 e. The van der Waals surface area contributed by atoms with Crippen molar-refractivity contribution in [3.63, 3.8) is 0 Å². The lowest BCUT2D eigenvalue weighted by Gasteiger charge is -2.26. The van der Waals surface area contributed by atoms with Crippen molar-refractivity contribution in [2.75, 3.05) is 19.0 Å². The molecule has 9 heteroatoms. The molecule has 0 unspecified atom stereocenters. The van der Waals surface area contributed by atoms with Crippen molar-refractivity contribution < 1.29 is 17.5 Å². The van der Waals surface area contributed by atoms with Crippen molar-refractivity contribution in [3.8, 4) is 0 Å². The number of rotatable bonds is 4. The van der Waals surface area contributed by atoms with Crippen LogP contribution in [0.3, 0.4) is 0 Å².